The molecule has 6 heteroatoms. The van der Waals surface area contributed by atoms with E-state index in [1.165, 1.54) is 5.56 Å². The van der Waals surface area contributed by atoms with E-state index in [4.69, 9.17) is 5.11 Å². The van der Waals surface area contributed by atoms with Gasteiger partial charge in [-0.1, -0.05) is 19.1 Å². The molecule has 138 valence electrons. The summed E-state index contributed by atoms with van der Waals surface area (Å²) in [4.78, 5) is 23.4. The van der Waals surface area contributed by atoms with E-state index >= 15 is 0 Å². The molecule has 1 amide bonds. The van der Waals surface area contributed by atoms with Crippen molar-refractivity contribution >= 4 is 11.9 Å². The molecule has 1 atom stereocenters. The van der Waals surface area contributed by atoms with Gasteiger partial charge >= 0.3 is 5.97 Å². The maximum Gasteiger partial charge on any atom is 0.303 e. The number of aromatic nitrogens is 2. The number of carboxylic acid groups (broad SMARTS) is 1. The summed E-state index contributed by atoms with van der Waals surface area (Å²) < 4.78 is 1.89. The molecule has 0 spiro atoms. The second-order valence-corrected chi connectivity index (χ2v) is 6.87. The normalized spacial score (nSPS) is 14.1. The Kier molecular flexibility index (Phi) is 5.40. The molecule has 2 aromatic rings. The second-order valence-electron chi connectivity index (χ2n) is 6.87. The molecule has 1 aliphatic rings. The van der Waals surface area contributed by atoms with Crippen molar-refractivity contribution in [3.63, 3.8) is 0 Å². The zero-order valence-electron chi connectivity index (χ0n) is 15.3. The van der Waals surface area contributed by atoms with Crippen LogP contribution >= 0.6 is 0 Å². The molecule has 6 nitrogen and oxygen atoms in total. The molecule has 0 aliphatic heterocycles. The molecule has 1 aromatic carbocycles. The van der Waals surface area contributed by atoms with Crippen LogP contribution in [0.1, 0.15) is 60.4 Å². The van der Waals surface area contributed by atoms with E-state index in [1.807, 2.05) is 23.7 Å². The molecule has 0 saturated carbocycles. The van der Waals surface area contributed by atoms with Gasteiger partial charge in [-0.2, -0.15) is 5.10 Å². The first-order valence-electron chi connectivity index (χ1n) is 9.22. The highest BCUT2D eigenvalue weighted by atomic mass is 16.4. The molecule has 26 heavy (non-hydrogen) atoms. The smallest absolute Gasteiger partial charge is 0.303 e. The van der Waals surface area contributed by atoms with Crippen molar-refractivity contribution in [2.24, 2.45) is 0 Å². The number of benzene rings is 1. The molecule has 1 unspecified atom stereocenters. The molecular formula is C20H25N3O3. The molecule has 0 radical (unpaired) electrons. The number of nitrogens with one attached hydrogen (secondary N) is 1. The van der Waals surface area contributed by atoms with Gasteiger partial charge in [-0.25, -0.2) is 4.68 Å². The van der Waals surface area contributed by atoms with Crippen LogP contribution < -0.4 is 5.32 Å². The van der Waals surface area contributed by atoms with Gasteiger partial charge in [-0.3, -0.25) is 9.59 Å². The topological polar surface area (TPSA) is 84.2 Å². The summed E-state index contributed by atoms with van der Waals surface area (Å²) in [5.41, 5.74) is 4.84. The van der Waals surface area contributed by atoms with E-state index in [0.717, 1.165) is 42.6 Å². The van der Waals surface area contributed by atoms with Gasteiger partial charge in [-0.15, -0.1) is 0 Å². The van der Waals surface area contributed by atoms with Crippen LogP contribution in [0, 0.1) is 0 Å². The molecular weight excluding hydrogens is 330 g/mol. The monoisotopic (exact) mass is 355 g/mol. The third-order valence-corrected chi connectivity index (χ3v) is 4.90. The summed E-state index contributed by atoms with van der Waals surface area (Å²) in [5, 5.41) is 16.3. The van der Waals surface area contributed by atoms with E-state index in [1.54, 1.807) is 0 Å². The Bertz CT molecular complexity index is 808. The first-order valence-corrected chi connectivity index (χ1v) is 9.22. The minimum atomic E-state index is -0.855. The number of hydrogen-bond acceptors (Lipinski definition) is 3. The van der Waals surface area contributed by atoms with Crippen LogP contribution in [0.3, 0.4) is 0 Å². The number of amides is 1. The van der Waals surface area contributed by atoms with E-state index in [9.17, 15) is 9.59 Å². The van der Waals surface area contributed by atoms with Gasteiger partial charge in [0.2, 0.25) is 0 Å². The zero-order chi connectivity index (χ0) is 18.7. The van der Waals surface area contributed by atoms with Gasteiger partial charge in [0.05, 0.1) is 5.69 Å². The second kappa shape index (κ2) is 7.72. The van der Waals surface area contributed by atoms with Crippen LogP contribution in [0.2, 0.25) is 0 Å². The number of carbonyl (C=O) groups excluding carboxylic acids is 1. The van der Waals surface area contributed by atoms with Gasteiger partial charge in [0.25, 0.3) is 5.91 Å². The molecule has 0 fully saturated rings. The van der Waals surface area contributed by atoms with Crippen molar-refractivity contribution in [1.29, 1.82) is 0 Å². The summed E-state index contributed by atoms with van der Waals surface area (Å²) >= 11 is 0. The van der Waals surface area contributed by atoms with Gasteiger partial charge < -0.3 is 10.4 Å². The standard InChI is InChI=1S/C20H25N3O3/c1-3-14-8-10-15(11-9-14)23-17-6-4-5-16(17)19(22-23)20(26)21-13(2)7-12-18(24)25/h8-11,13H,3-7,12H2,1-2H3,(H,21,26)(H,24,25). The quantitative estimate of drug-likeness (QED) is 0.800. The Balaban J connectivity index is 1.82. The number of aliphatic carboxylic acids is 1. The lowest BCUT2D eigenvalue weighted by Gasteiger charge is -2.12. The van der Waals surface area contributed by atoms with Crippen molar-refractivity contribution < 1.29 is 14.7 Å². The maximum absolute atomic E-state index is 12.7. The highest BCUT2D eigenvalue weighted by molar-refractivity contribution is 5.94. The molecule has 1 aromatic heterocycles. The fourth-order valence-electron chi connectivity index (χ4n) is 3.41. The van der Waals surface area contributed by atoms with Crippen molar-refractivity contribution in [3.8, 4) is 5.69 Å². The average molecular weight is 355 g/mol. The number of hydrogen-bond donors (Lipinski definition) is 2. The molecule has 3 rings (SSSR count). The lowest BCUT2D eigenvalue weighted by molar-refractivity contribution is -0.137. The van der Waals surface area contributed by atoms with Crippen LogP contribution in [-0.4, -0.2) is 32.8 Å². The lowest BCUT2D eigenvalue weighted by atomic mass is 10.1. The Morgan fingerprint density at radius 2 is 2.00 bits per heavy atom. The first-order chi connectivity index (χ1) is 12.5. The summed E-state index contributed by atoms with van der Waals surface area (Å²) in [5.74, 6) is -1.07. The van der Waals surface area contributed by atoms with Crippen LogP contribution in [0.15, 0.2) is 24.3 Å². The van der Waals surface area contributed by atoms with Gasteiger partial charge in [0.15, 0.2) is 5.69 Å². The van der Waals surface area contributed by atoms with Crippen LogP contribution in [0.25, 0.3) is 5.69 Å². The summed E-state index contributed by atoms with van der Waals surface area (Å²) in [6.07, 6.45) is 4.23. The third kappa shape index (κ3) is 3.79. The van der Waals surface area contributed by atoms with Gasteiger partial charge in [0, 0.05) is 23.7 Å². The van der Waals surface area contributed by atoms with Crippen molar-refractivity contribution in [1.82, 2.24) is 15.1 Å². The summed E-state index contributed by atoms with van der Waals surface area (Å²) in [6, 6.07) is 8.06. The fraction of sp³-hybridized carbons (Fsp3) is 0.450. The van der Waals surface area contributed by atoms with Crippen molar-refractivity contribution in [3.05, 3.63) is 46.8 Å². The Morgan fingerprint density at radius 3 is 2.65 bits per heavy atom. The number of fused-ring (bicyclic) bond motifs is 1. The van der Waals surface area contributed by atoms with E-state index in [0.29, 0.717) is 12.1 Å². The number of carbonyl (C=O) groups is 2. The zero-order valence-corrected chi connectivity index (χ0v) is 15.3. The van der Waals surface area contributed by atoms with Crippen molar-refractivity contribution in [2.75, 3.05) is 0 Å². The Morgan fingerprint density at radius 1 is 1.27 bits per heavy atom. The molecule has 0 saturated heterocycles. The fourth-order valence-corrected chi connectivity index (χ4v) is 3.41. The minimum Gasteiger partial charge on any atom is -0.481 e. The predicted molar refractivity (Wildman–Crippen MR) is 98.8 cm³/mol. The first kappa shape index (κ1) is 18.2. The molecule has 1 heterocycles. The number of carboxylic acids is 1. The Hall–Kier alpha value is -2.63. The molecule has 1 aliphatic carbocycles. The minimum absolute atomic E-state index is 0.0395. The predicted octanol–water partition coefficient (Wildman–Crippen LogP) is 2.91. The SMILES string of the molecule is CCc1ccc(-n2nc(C(=O)NC(C)CCC(=O)O)c3c2CCC3)cc1. The third-order valence-electron chi connectivity index (χ3n) is 4.90. The van der Waals surface area contributed by atoms with Crippen LogP contribution in [0.5, 0.6) is 0 Å². The van der Waals surface area contributed by atoms with Gasteiger partial charge in [-0.05, 0) is 56.7 Å². The van der Waals surface area contributed by atoms with E-state index in [2.05, 4.69) is 29.5 Å². The maximum atomic E-state index is 12.7. The molecule has 0 bridgehead atoms. The largest absolute Gasteiger partial charge is 0.481 e. The number of aryl methyl sites for hydroxylation is 1. The summed E-state index contributed by atoms with van der Waals surface area (Å²) in [7, 11) is 0. The van der Waals surface area contributed by atoms with E-state index in [-0.39, 0.29) is 18.4 Å². The Labute approximate surface area is 153 Å². The van der Waals surface area contributed by atoms with Crippen LogP contribution in [0.4, 0.5) is 0 Å². The highest BCUT2D eigenvalue weighted by Gasteiger charge is 2.27. The average Bonchev–Trinajstić information content (AvgIpc) is 3.22. The van der Waals surface area contributed by atoms with Crippen molar-refractivity contribution in [2.45, 2.75) is 58.4 Å². The number of nitrogens with zero attached hydrogens (tertiary/aromatic N) is 2. The molecule has 2 N–H and O–H groups in total. The van der Waals surface area contributed by atoms with Crippen LogP contribution in [-0.2, 0) is 24.1 Å². The van der Waals surface area contributed by atoms with E-state index < -0.39 is 5.97 Å². The highest BCUT2D eigenvalue weighted by Crippen LogP contribution is 2.28. The van der Waals surface area contributed by atoms with Gasteiger partial charge in [0.1, 0.15) is 0 Å². The summed E-state index contributed by atoms with van der Waals surface area (Å²) in [6.45, 7) is 3.94. The lowest BCUT2D eigenvalue weighted by Crippen LogP contribution is -2.33. The number of rotatable bonds is 7.